The summed E-state index contributed by atoms with van der Waals surface area (Å²) < 4.78 is 110. The summed E-state index contributed by atoms with van der Waals surface area (Å²) in [6.45, 7) is 11.9. The minimum atomic E-state index is -1.33. The molecule has 0 spiro atoms. The van der Waals surface area contributed by atoms with Gasteiger partial charge in [0, 0.05) is 110 Å². The molecule has 35 heteroatoms. The minimum absolute atomic E-state index is 0.00463. The summed E-state index contributed by atoms with van der Waals surface area (Å²) >= 11 is 50.1. The SMILES string of the molecule is COCc1nnc(N2C[C@@H]3C[C@]3(c3cccc(F)c3Cl)C2)n1-c1ccc(OC)nc1.COc1ccc(NC(=S)N2C[C@@H]3C[C@]3(c3cccc(F)c3Cl)C2)cn1.C[Si](C)(C)C#N.Fc1cccc(CBr)c1Cl.Fc1cccc([C@@]23CNC[C@@H]2C3)c1Cl.N#CCc1cccc(F)c1Cl.N#C[C@@]1(c2cccc(F)c2Cl)CC1CO.NC[C@@]1(c2cccc(F)c2Cl)CC1CO. The topological polar surface area (TPSA) is 253 Å². The molecule has 8 fully saturated rings. The van der Waals surface area contributed by atoms with E-state index < -0.39 is 30.9 Å². The van der Waals surface area contributed by atoms with E-state index in [0.717, 1.165) is 97.6 Å². The molecule has 3 aromatic heterocycles. The summed E-state index contributed by atoms with van der Waals surface area (Å²) in [5, 5.41) is 61.4. The maximum atomic E-state index is 14.1. The van der Waals surface area contributed by atoms with Crippen LogP contribution in [0.4, 0.5) is 42.4 Å². The van der Waals surface area contributed by atoms with Crippen LogP contribution in [0.25, 0.3) is 5.69 Å². The van der Waals surface area contributed by atoms with Gasteiger partial charge in [-0.2, -0.15) is 10.5 Å². The molecule has 126 heavy (non-hydrogen) atoms. The fourth-order valence-electron chi connectivity index (χ4n) is 16.5. The molecule has 664 valence electrons. The summed E-state index contributed by atoms with van der Waals surface area (Å²) in [4.78, 5) is 12.8. The second-order valence-electron chi connectivity index (χ2n) is 32.7. The second-order valence-corrected chi connectivity index (χ2v) is 41.0. The molecular formula is C91H90BrCl7F7N13O5SSi. The molecule has 7 aromatic carbocycles. The first-order chi connectivity index (χ1) is 60.2. The quantitative estimate of drug-likeness (QED) is 0.0246. The van der Waals surface area contributed by atoms with Crippen LogP contribution in [-0.2, 0) is 50.2 Å². The van der Waals surface area contributed by atoms with Gasteiger partial charge in [-0.3, -0.25) is 4.57 Å². The van der Waals surface area contributed by atoms with E-state index in [0.29, 0.717) is 94.0 Å². The largest absolute Gasteiger partial charge is 0.481 e. The summed E-state index contributed by atoms with van der Waals surface area (Å²) in [5.41, 5.74) is 13.7. The highest BCUT2D eigenvalue weighted by molar-refractivity contribution is 9.08. The van der Waals surface area contributed by atoms with Gasteiger partial charge in [-0.25, -0.2) is 46.0 Å². The smallest absolute Gasteiger partial charge is 0.232 e. The number of piperidine rings is 3. The summed E-state index contributed by atoms with van der Waals surface area (Å²) in [5.74, 6) is 1.19. The minimum Gasteiger partial charge on any atom is -0.481 e. The number of hydrogen-bond acceptors (Lipinski definition) is 16. The van der Waals surface area contributed by atoms with Crippen LogP contribution < -0.4 is 30.7 Å². The van der Waals surface area contributed by atoms with Crippen LogP contribution in [-0.4, -0.2) is 133 Å². The van der Waals surface area contributed by atoms with E-state index in [4.69, 9.17) is 139 Å². The highest BCUT2D eigenvalue weighted by Crippen LogP contribution is 2.63. The van der Waals surface area contributed by atoms with Crippen LogP contribution in [0.15, 0.2) is 164 Å². The van der Waals surface area contributed by atoms with Crippen LogP contribution in [0.3, 0.4) is 0 Å². The van der Waals surface area contributed by atoms with Gasteiger partial charge < -0.3 is 50.6 Å². The predicted molar refractivity (Wildman–Crippen MR) is 489 cm³/mol. The third kappa shape index (κ3) is 21.8. The number of nitriles is 3. The molecule has 0 bridgehead atoms. The van der Waals surface area contributed by atoms with Crippen molar-refractivity contribution >= 4 is 134 Å². The van der Waals surface area contributed by atoms with Crippen molar-refractivity contribution in [1.29, 1.82) is 15.8 Å². The van der Waals surface area contributed by atoms with Gasteiger partial charge >= 0.3 is 0 Å². The number of anilines is 2. The zero-order valence-corrected chi connectivity index (χ0v) is 77.9. The van der Waals surface area contributed by atoms with Crippen molar-refractivity contribution in [3.05, 3.63) is 285 Å². The number of aliphatic hydroxyl groups excluding tert-OH is 2. The van der Waals surface area contributed by atoms with Crippen molar-refractivity contribution in [3.8, 4) is 35.3 Å². The van der Waals surface area contributed by atoms with Crippen molar-refractivity contribution < 1.29 is 55.2 Å². The number of alkyl halides is 1. The van der Waals surface area contributed by atoms with E-state index >= 15 is 0 Å². The standard InChI is InChI=1S/C21H21ClFN5O2.C18H17ClFN3OS.C11H13ClFNO.C11H9ClFNO.C11H11ClFN.C8H5ClFN.C7H5BrClF.C4H9NSi/c1-29-11-17-25-26-20(28(17)14-6-7-18(30-2)24-9-14)27-10-13-8-21(13,12-27)15-4-3-5-16(23)19(15)22;1-24-15-6-5-12(8-21-15)22-17(25)23-9-11-7-18(11,10-23)13-3-2-4-14(20)16(13)19;2*12-10-8(2-1-3-9(10)13)11(6-14)4-7(11)5-15;12-10-8(2-1-3-9(10)13)11-4-7(11)5-14-6-11;9-8-6(4-5-11)2-1-3-7(8)10;8-4-5-2-1-3-6(10)7(5)9;1-6(2,3)4-5/h3-7,9,13H,8,10-12H2,1-2H3;2-6,8,11H,7,9-10H2,1H3,(H,22,25);1-3,7,15H,4-6,14H2;1-3,7,15H,4-5H2;1-3,7,14H,4-6H2;1-3H,4H2;1-3H,4H2;1-3H3/t13-,21-;11-,18-;2*7?,11-;7-,11-;;;/m00000.../s1. The Morgan fingerprint density at radius 2 is 1.03 bits per heavy atom. The van der Waals surface area contributed by atoms with Gasteiger partial charge in [0.2, 0.25) is 17.7 Å². The molecule has 6 N–H and O–H groups in total. The third-order valence-electron chi connectivity index (χ3n) is 23.8. The Morgan fingerprint density at radius 1 is 0.571 bits per heavy atom. The van der Waals surface area contributed by atoms with Crippen molar-refractivity contribution in [2.75, 3.05) is 90.6 Å². The van der Waals surface area contributed by atoms with Crippen LogP contribution in [0.5, 0.6) is 11.8 Å². The van der Waals surface area contributed by atoms with E-state index in [2.05, 4.69) is 68.3 Å². The molecule has 5 aliphatic carbocycles. The van der Waals surface area contributed by atoms with Gasteiger partial charge in [0.1, 0.15) is 47.3 Å². The summed E-state index contributed by atoms with van der Waals surface area (Å²) in [6.07, 6.45) is 8.06. The number of halogens is 15. The Hall–Kier alpha value is -8.42. The Kier molecular flexibility index (Phi) is 33.1. The molecule has 10 aromatic rings. The number of pyridine rings is 2. The van der Waals surface area contributed by atoms with E-state index in [9.17, 15) is 30.7 Å². The Bertz CT molecular complexity index is 5690. The maximum absolute atomic E-state index is 14.1. The molecule has 18 rings (SSSR count). The van der Waals surface area contributed by atoms with E-state index in [1.54, 1.807) is 100 Å². The third-order valence-corrected chi connectivity index (χ3v) is 28.2. The molecule has 0 amide bonds. The van der Waals surface area contributed by atoms with Crippen molar-refractivity contribution in [2.45, 2.75) is 97.2 Å². The fraction of sp³-hybridized carbons (Fsp3) is 0.363. The monoisotopic (exact) mass is 1960 g/mol. The second kappa shape index (κ2) is 42.4. The number of aromatic nitrogens is 5. The van der Waals surface area contributed by atoms with Gasteiger partial charge in [-0.05, 0) is 168 Å². The highest BCUT2D eigenvalue weighted by Gasteiger charge is 2.64. The zero-order chi connectivity index (χ0) is 91.4. The number of likely N-dealkylation sites (tertiary alicyclic amines) is 1. The van der Waals surface area contributed by atoms with Crippen LogP contribution in [0, 0.1) is 104 Å². The van der Waals surface area contributed by atoms with Gasteiger partial charge in [-0.15, -0.1) is 10.2 Å². The maximum Gasteiger partial charge on any atom is 0.232 e. The van der Waals surface area contributed by atoms with E-state index in [-0.39, 0.29) is 107 Å². The number of nitrogens with two attached hydrogens (primary N) is 1. The van der Waals surface area contributed by atoms with E-state index in [1.807, 2.05) is 60.6 Å². The normalized spacial score (nSPS) is 22.8. The van der Waals surface area contributed by atoms with Crippen LogP contribution in [0.2, 0.25) is 54.8 Å². The lowest BCUT2D eigenvalue weighted by Crippen LogP contribution is -2.36. The van der Waals surface area contributed by atoms with Crippen molar-refractivity contribution in [3.63, 3.8) is 0 Å². The molecule has 8 aliphatic rings. The average molecular weight is 1970 g/mol. The van der Waals surface area contributed by atoms with Crippen molar-refractivity contribution in [2.24, 2.45) is 35.3 Å². The Morgan fingerprint density at radius 3 is 1.46 bits per heavy atom. The predicted octanol–water partition coefficient (Wildman–Crippen LogP) is 20.8. The molecule has 10 atom stereocenters. The highest BCUT2D eigenvalue weighted by atomic mass is 79.9. The molecule has 18 nitrogen and oxygen atoms in total. The summed E-state index contributed by atoms with van der Waals surface area (Å²) in [7, 11) is 3.45. The molecule has 2 unspecified atom stereocenters. The number of fused-ring (bicyclic) bond motifs is 3. The molecule has 0 radical (unpaired) electrons. The average Bonchev–Trinajstić information content (AvgIpc) is 1.54. The van der Waals surface area contributed by atoms with Gasteiger partial charge in [0.05, 0.1) is 97.1 Å². The first-order valence-corrected chi connectivity index (χ1v) is 47.6. The lowest BCUT2D eigenvalue weighted by Gasteiger charge is -2.24. The van der Waals surface area contributed by atoms with Gasteiger partial charge in [-0.1, -0.05) is 202 Å². The Labute approximate surface area is 777 Å². The summed E-state index contributed by atoms with van der Waals surface area (Å²) in [6, 6.07) is 45.0. The van der Waals surface area contributed by atoms with Crippen LogP contribution in [0.1, 0.15) is 76.9 Å². The molecule has 5 saturated carbocycles. The number of thiocarbonyl (C=S) groups is 1. The molecule has 3 aliphatic heterocycles. The van der Waals surface area contributed by atoms with Crippen LogP contribution >= 0.6 is 109 Å². The van der Waals surface area contributed by atoms with Gasteiger partial charge in [0.15, 0.2) is 19.0 Å². The molecule has 6 heterocycles. The van der Waals surface area contributed by atoms with Crippen molar-refractivity contribution in [1.82, 2.24) is 34.9 Å². The number of rotatable bonds is 17. The number of nitrogens with zero attached hydrogens (tertiary/aromatic N) is 10. The lowest BCUT2D eigenvalue weighted by atomic mass is 9.93. The van der Waals surface area contributed by atoms with Gasteiger partial charge in [0.25, 0.3) is 0 Å². The number of methoxy groups -OCH3 is 3. The lowest BCUT2D eigenvalue weighted by molar-refractivity contribution is 0.176. The zero-order valence-electron chi connectivity index (χ0n) is 69.2. The number of benzene rings is 7. The Balaban J connectivity index is 0.000000146. The fourth-order valence-corrected chi connectivity index (χ4v) is 19.3. The first-order valence-electron chi connectivity index (χ1n) is 39.9. The van der Waals surface area contributed by atoms with E-state index in [1.165, 1.54) is 54.6 Å². The number of aliphatic hydroxyl groups is 2. The molecule has 3 saturated heterocycles. The number of ether oxygens (including phenoxy) is 3. The first kappa shape index (κ1) is 98.2. The molecular weight excluding hydrogens is 1880 g/mol. The number of nitrogens with one attached hydrogen (secondary N) is 2. The number of hydrogen-bond donors (Lipinski definition) is 5.